The van der Waals surface area contributed by atoms with Crippen LogP contribution in [0.1, 0.15) is 26.2 Å². The summed E-state index contributed by atoms with van der Waals surface area (Å²) in [4.78, 5) is 14.8. The number of likely N-dealkylation sites (tertiary alicyclic amines) is 1. The molecule has 168 valence electrons. The van der Waals surface area contributed by atoms with Crippen LogP contribution < -0.4 is 21.3 Å². The number of rotatable bonds is 6. The molecule has 1 atom stereocenters. The Morgan fingerprint density at radius 1 is 1.39 bits per heavy atom. The molecule has 1 saturated heterocycles. The number of nitriles is 1. The average Bonchev–Trinajstić information content (AvgIpc) is 3.18. The normalized spacial score (nSPS) is 20.3. The molecule has 2 heterocycles. The maximum atomic E-state index is 13.0. The van der Waals surface area contributed by atoms with Crippen LogP contribution in [0.5, 0.6) is 0 Å². The van der Waals surface area contributed by atoms with E-state index < -0.39 is 0 Å². The van der Waals surface area contributed by atoms with E-state index in [0.717, 1.165) is 39.7 Å². The predicted molar refractivity (Wildman–Crippen MR) is 130 cm³/mol. The van der Waals surface area contributed by atoms with Crippen molar-refractivity contribution in [2.45, 2.75) is 26.2 Å². The van der Waals surface area contributed by atoms with Crippen LogP contribution in [-0.4, -0.2) is 31.0 Å². The minimum Gasteiger partial charge on any atom is -0.493 e. The topological polar surface area (TPSA) is 66.5 Å². The second-order valence-corrected chi connectivity index (χ2v) is 8.40. The van der Waals surface area contributed by atoms with Gasteiger partial charge in [-0.3, -0.25) is 4.79 Å². The number of hydrogen-bond donors (Lipinski definition) is 0. The average molecular weight is 441 g/mol. The number of hydrogen-bond acceptors (Lipinski definition) is 4. The maximum absolute atomic E-state index is 13.0. The molecule has 3 aliphatic rings. The largest absolute Gasteiger partial charge is 0.493 e. The van der Waals surface area contributed by atoms with Crippen LogP contribution in [0.3, 0.4) is 0 Å². The van der Waals surface area contributed by atoms with Crippen molar-refractivity contribution < 1.29 is 13.9 Å². The lowest BCUT2D eigenvalue weighted by Gasteiger charge is -2.18. The van der Waals surface area contributed by atoms with E-state index in [2.05, 4.69) is 43.0 Å². The summed E-state index contributed by atoms with van der Waals surface area (Å²) in [6.45, 7) is 6.74. The number of nitrogens with zero attached hydrogens (tertiary/aromatic N) is 2. The minimum atomic E-state index is 0.0851. The third-order valence-corrected chi connectivity index (χ3v) is 6.25. The summed E-state index contributed by atoms with van der Waals surface area (Å²) in [5.41, 5.74) is 4.32. The molecular formula is C28H28N2O3. The predicted octanol–water partition coefficient (Wildman–Crippen LogP) is 2.10. The van der Waals surface area contributed by atoms with Gasteiger partial charge < -0.3 is 14.1 Å². The van der Waals surface area contributed by atoms with Gasteiger partial charge in [0.05, 0.1) is 13.2 Å². The summed E-state index contributed by atoms with van der Waals surface area (Å²) < 4.78 is 11.9. The first kappa shape index (κ1) is 22.4. The molecule has 5 nitrogen and oxygen atoms in total. The number of ether oxygens (including phenoxy) is 1. The third kappa shape index (κ3) is 4.56. The number of furan rings is 1. The van der Waals surface area contributed by atoms with Crippen molar-refractivity contribution in [3.63, 3.8) is 0 Å². The van der Waals surface area contributed by atoms with Gasteiger partial charge in [-0.05, 0) is 49.1 Å². The number of fused-ring (bicyclic) bond motifs is 3. The molecule has 5 heteroatoms. The van der Waals surface area contributed by atoms with Gasteiger partial charge in [0.1, 0.15) is 5.42 Å². The fourth-order valence-electron chi connectivity index (χ4n) is 4.52. The summed E-state index contributed by atoms with van der Waals surface area (Å²) in [7, 11) is 1.65. The summed E-state index contributed by atoms with van der Waals surface area (Å²) in [5, 5.41) is 11.1. The van der Waals surface area contributed by atoms with Crippen molar-refractivity contribution in [3.05, 3.63) is 81.5 Å². The molecule has 0 aromatic carbocycles. The highest BCUT2D eigenvalue weighted by Crippen LogP contribution is 2.28. The fraction of sp³-hybridized carbons (Fsp3) is 0.286. The monoisotopic (exact) mass is 440 g/mol. The Hall–Kier alpha value is -3.78. The van der Waals surface area contributed by atoms with E-state index in [1.54, 1.807) is 26.2 Å². The Labute approximate surface area is 193 Å². The Kier molecular flexibility index (Phi) is 6.65. The number of allylic oxidation sites excluding steroid dienone is 6. The van der Waals surface area contributed by atoms with Crippen LogP contribution >= 0.6 is 0 Å². The van der Waals surface area contributed by atoms with Gasteiger partial charge in [0.25, 0.3) is 0 Å². The zero-order valence-electron chi connectivity index (χ0n) is 19.1. The lowest BCUT2D eigenvalue weighted by molar-refractivity contribution is -0.127. The molecule has 1 aromatic heterocycles. The first-order chi connectivity index (χ1) is 16.0. The zero-order valence-corrected chi connectivity index (χ0v) is 19.1. The molecule has 4 rings (SSSR count). The number of amides is 1. The summed E-state index contributed by atoms with van der Waals surface area (Å²) in [5.74, 6) is 0.912. The van der Waals surface area contributed by atoms with E-state index in [4.69, 9.17) is 14.4 Å². The molecule has 0 radical (unpaired) electrons. The second kappa shape index (κ2) is 9.79. The molecule has 0 N–H and O–H groups in total. The number of carbonyl (C=O) groups excluding carboxylic acids is 1. The van der Waals surface area contributed by atoms with E-state index in [1.165, 1.54) is 5.57 Å². The Morgan fingerprint density at radius 3 is 3.00 bits per heavy atom. The van der Waals surface area contributed by atoms with E-state index >= 15 is 0 Å². The fourth-order valence-corrected chi connectivity index (χ4v) is 4.52. The Balaban J connectivity index is 1.77. The highest BCUT2D eigenvalue weighted by atomic mass is 16.5. The van der Waals surface area contributed by atoms with Crippen LogP contribution in [0.15, 0.2) is 64.7 Å². The van der Waals surface area contributed by atoms with Crippen molar-refractivity contribution in [2.75, 3.05) is 20.2 Å². The van der Waals surface area contributed by atoms with Gasteiger partial charge in [-0.1, -0.05) is 43.0 Å². The first-order valence-corrected chi connectivity index (χ1v) is 11.2. The molecule has 0 spiro atoms. The Bertz CT molecular complexity index is 1390. The molecule has 0 saturated carbocycles. The lowest BCUT2D eigenvalue weighted by atomic mass is 9.93. The van der Waals surface area contributed by atoms with Gasteiger partial charge in [0, 0.05) is 41.4 Å². The number of methoxy groups -OCH3 is 1. The van der Waals surface area contributed by atoms with E-state index in [-0.39, 0.29) is 11.8 Å². The maximum Gasteiger partial charge on any atom is 0.223 e. The molecule has 1 unspecified atom stereocenters. The van der Waals surface area contributed by atoms with Crippen molar-refractivity contribution >= 4 is 29.4 Å². The summed E-state index contributed by atoms with van der Waals surface area (Å²) >= 11 is 0. The molecule has 1 aliphatic heterocycles. The van der Waals surface area contributed by atoms with Crippen molar-refractivity contribution in [2.24, 2.45) is 5.92 Å². The summed E-state index contributed by atoms with van der Waals surface area (Å²) in [6.07, 6.45) is 19.8. The van der Waals surface area contributed by atoms with E-state index in [0.29, 0.717) is 30.8 Å². The smallest absolute Gasteiger partial charge is 0.223 e. The molecular weight excluding hydrogens is 412 g/mol. The van der Waals surface area contributed by atoms with Crippen LogP contribution in [0.4, 0.5) is 0 Å². The van der Waals surface area contributed by atoms with Crippen LogP contribution in [-0.2, 0) is 9.53 Å². The van der Waals surface area contributed by atoms with Gasteiger partial charge in [-0.2, -0.15) is 5.26 Å². The molecule has 1 aromatic rings. The first-order valence-electron chi connectivity index (χ1n) is 11.2. The van der Waals surface area contributed by atoms with Crippen molar-refractivity contribution in [3.8, 4) is 6.07 Å². The van der Waals surface area contributed by atoms with E-state index in [1.807, 2.05) is 17.1 Å². The van der Waals surface area contributed by atoms with Gasteiger partial charge in [0.2, 0.25) is 5.91 Å². The standard InChI is InChI=1S/C28H28N2O3/c1-4-20(14-13-19(2)16-29)17-30-18-21(15-26(30)31)22-10-8-12-25(32-3)28-27(22)23-9-6-5-7-11-24(23)33-28/h4-6,8-9,11-14,21H,1,7,10,15,17-18H2,2-3H3/b19-13+,20-14+. The SMILES string of the molecule is C=C/C(=C\C=C(/C)C#N)CN1CC(C2=c3c(oc4c3=CC=CCC=4)=C(OC)C=CC2)CC1=O. The highest BCUT2D eigenvalue weighted by Gasteiger charge is 2.33. The molecule has 1 fully saturated rings. The highest BCUT2D eigenvalue weighted by molar-refractivity contribution is 5.82. The van der Waals surface area contributed by atoms with Crippen LogP contribution in [0, 0.1) is 17.2 Å². The molecule has 33 heavy (non-hydrogen) atoms. The van der Waals surface area contributed by atoms with Crippen LogP contribution in [0.25, 0.3) is 23.5 Å². The second-order valence-electron chi connectivity index (χ2n) is 8.40. The van der Waals surface area contributed by atoms with Crippen molar-refractivity contribution in [1.82, 2.24) is 4.90 Å². The van der Waals surface area contributed by atoms with E-state index in [9.17, 15) is 4.79 Å². The molecule has 1 amide bonds. The Morgan fingerprint density at radius 2 is 2.24 bits per heavy atom. The lowest BCUT2D eigenvalue weighted by Crippen LogP contribution is -2.41. The molecule has 0 bridgehead atoms. The van der Waals surface area contributed by atoms with Gasteiger partial charge in [-0.15, -0.1) is 0 Å². The zero-order chi connectivity index (χ0) is 23.4. The van der Waals surface area contributed by atoms with Gasteiger partial charge >= 0.3 is 0 Å². The quantitative estimate of drug-likeness (QED) is 0.502. The van der Waals surface area contributed by atoms with Gasteiger partial charge in [-0.25, -0.2) is 0 Å². The third-order valence-electron chi connectivity index (χ3n) is 6.25. The number of carbonyl (C=O) groups is 1. The van der Waals surface area contributed by atoms with Gasteiger partial charge in [0.15, 0.2) is 11.2 Å². The molecule has 2 aliphatic carbocycles. The minimum absolute atomic E-state index is 0.0851. The van der Waals surface area contributed by atoms with Crippen molar-refractivity contribution in [1.29, 1.82) is 5.26 Å². The van der Waals surface area contributed by atoms with Crippen LogP contribution in [0.2, 0.25) is 0 Å². The summed E-state index contributed by atoms with van der Waals surface area (Å²) in [6, 6.07) is 2.11.